The summed E-state index contributed by atoms with van der Waals surface area (Å²) in [6, 6.07) is -0.0611. The molecule has 1 atom stereocenters. The first kappa shape index (κ1) is 14.1. The number of carbonyl (C=O) groups is 1. The van der Waals surface area contributed by atoms with Crippen LogP contribution in [0.4, 0.5) is 0 Å². The lowest BCUT2D eigenvalue weighted by molar-refractivity contribution is -0.150. The number of carbonyl (C=O) groups excluding carboxylic acids is 1. The maximum atomic E-state index is 12.0. The van der Waals surface area contributed by atoms with Crippen molar-refractivity contribution in [3.63, 3.8) is 0 Å². The predicted octanol–water partition coefficient (Wildman–Crippen LogP) is 1.38. The molecule has 2 rings (SSSR count). The summed E-state index contributed by atoms with van der Waals surface area (Å²) in [5.41, 5.74) is 0. The van der Waals surface area contributed by atoms with Gasteiger partial charge in [0.2, 0.25) is 0 Å². The zero-order valence-corrected chi connectivity index (χ0v) is 11.8. The molecule has 5 heteroatoms. The van der Waals surface area contributed by atoms with Crippen molar-refractivity contribution in [2.75, 3.05) is 19.7 Å². The van der Waals surface area contributed by atoms with E-state index in [0.29, 0.717) is 6.61 Å². The Hall–Kier alpha value is -1.36. The van der Waals surface area contributed by atoms with Gasteiger partial charge in [0.05, 0.1) is 6.61 Å². The smallest absolute Gasteiger partial charge is 0.323 e. The van der Waals surface area contributed by atoms with Crippen molar-refractivity contribution in [3.05, 3.63) is 18.2 Å². The second kappa shape index (κ2) is 6.70. The summed E-state index contributed by atoms with van der Waals surface area (Å²) in [5, 5.41) is 0. The normalized spacial score (nSPS) is 20.4. The van der Waals surface area contributed by atoms with Gasteiger partial charge in [0.1, 0.15) is 11.9 Å². The van der Waals surface area contributed by atoms with Gasteiger partial charge in [-0.1, -0.05) is 6.42 Å². The summed E-state index contributed by atoms with van der Waals surface area (Å²) in [5.74, 6) is 0.996. The molecule has 1 unspecified atom stereocenters. The van der Waals surface area contributed by atoms with Crippen LogP contribution >= 0.6 is 0 Å². The van der Waals surface area contributed by atoms with Crippen LogP contribution in [0.15, 0.2) is 12.4 Å². The molecule has 1 aliphatic rings. The van der Waals surface area contributed by atoms with Gasteiger partial charge in [0.15, 0.2) is 0 Å². The van der Waals surface area contributed by atoms with Crippen LogP contribution < -0.4 is 0 Å². The Balaban J connectivity index is 1.92. The molecule has 0 saturated carbocycles. The van der Waals surface area contributed by atoms with Gasteiger partial charge in [-0.15, -0.1) is 0 Å². The number of imidazole rings is 1. The van der Waals surface area contributed by atoms with E-state index in [1.165, 1.54) is 0 Å². The Morgan fingerprint density at radius 2 is 2.37 bits per heavy atom. The molecule has 0 aromatic carbocycles. The zero-order valence-electron chi connectivity index (χ0n) is 11.8. The molecule has 2 heterocycles. The molecule has 0 spiro atoms. The van der Waals surface area contributed by atoms with E-state index < -0.39 is 0 Å². The van der Waals surface area contributed by atoms with E-state index in [4.69, 9.17) is 4.74 Å². The summed E-state index contributed by atoms with van der Waals surface area (Å²) in [7, 11) is 2.00. The third kappa shape index (κ3) is 3.56. The highest BCUT2D eigenvalue weighted by atomic mass is 16.5. The number of nitrogens with zero attached hydrogens (tertiary/aromatic N) is 3. The Labute approximate surface area is 114 Å². The maximum absolute atomic E-state index is 12.0. The van der Waals surface area contributed by atoms with E-state index in [9.17, 15) is 4.79 Å². The molecule has 0 bridgehead atoms. The van der Waals surface area contributed by atoms with Crippen molar-refractivity contribution in [1.29, 1.82) is 0 Å². The molecule has 106 valence electrons. The minimum atomic E-state index is -0.0676. The van der Waals surface area contributed by atoms with E-state index in [1.807, 2.05) is 30.9 Å². The Morgan fingerprint density at radius 1 is 1.53 bits per heavy atom. The zero-order chi connectivity index (χ0) is 13.7. The predicted molar refractivity (Wildman–Crippen MR) is 72.8 cm³/mol. The number of ether oxygens (including phenoxy) is 1. The first-order valence-corrected chi connectivity index (χ1v) is 7.09. The van der Waals surface area contributed by atoms with E-state index in [2.05, 4.69) is 9.88 Å². The minimum absolute atomic E-state index is 0.0611. The van der Waals surface area contributed by atoms with Gasteiger partial charge in [-0.05, 0) is 26.3 Å². The molecule has 1 aliphatic heterocycles. The minimum Gasteiger partial charge on any atom is -0.465 e. The first-order chi connectivity index (χ1) is 9.22. The molecule has 0 radical (unpaired) electrons. The summed E-state index contributed by atoms with van der Waals surface area (Å²) in [4.78, 5) is 18.5. The van der Waals surface area contributed by atoms with Gasteiger partial charge in [0, 0.05) is 32.4 Å². The van der Waals surface area contributed by atoms with Crippen LogP contribution in [0.2, 0.25) is 0 Å². The third-order valence-electron chi connectivity index (χ3n) is 3.72. The highest BCUT2D eigenvalue weighted by Gasteiger charge is 2.29. The van der Waals surface area contributed by atoms with E-state index in [0.717, 1.165) is 44.6 Å². The van der Waals surface area contributed by atoms with E-state index in [-0.39, 0.29) is 12.0 Å². The SMILES string of the molecule is CCOC(=O)C1CCCCN1CCc1nccn1C. The van der Waals surface area contributed by atoms with Crippen molar-refractivity contribution in [2.24, 2.45) is 7.05 Å². The summed E-state index contributed by atoms with van der Waals surface area (Å²) in [6.07, 6.45) is 7.83. The lowest BCUT2D eigenvalue weighted by atomic mass is 10.0. The number of hydrogen-bond donors (Lipinski definition) is 0. The largest absolute Gasteiger partial charge is 0.465 e. The fraction of sp³-hybridized carbons (Fsp3) is 0.714. The van der Waals surface area contributed by atoms with Crippen molar-refractivity contribution < 1.29 is 9.53 Å². The monoisotopic (exact) mass is 265 g/mol. The fourth-order valence-electron chi connectivity index (χ4n) is 2.64. The highest BCUT2D eigenvalue weighted by Crippen LogP contribution is 2.18. The van der Waals surface area contributed by atoms with E-state index in [1.54, 1.807) is 0 Å². The Kier molecular flexibility index (Phi) is 4.96. The second-order valence-electron chi connectivity index (χ2n) is 5.00. The Morgan fingerprint density at radius 3 is 3.05 bits per heavy atom. The fourth-order valence-corrected chi connectivity index (χ4v) is 2.64. The number of hydrogen-bond acceptors (Lipinski definition) is 4. The van der Waals surface area contributed by atoms with Crippen LogP contribution in [0, 0.1) is 0 Å². The van der Waals surface area contributed by atoms with Gasteiger partial charge < -0.3 is 9.30 Å². The van der Waals surface area contributed by atoms with Crippen LogP contribution in [0.25, 0.3) is 0 Å². The lowest BCUT2D eigenvalue weighted by Gasteiger charge is -2.33. The molecule has 1 aromatic heterocycles. The average molecular weight is 265 g/mol. The van der Waals surface area contributed by atoms with Gasteiger partial charge in [-0.2, -0.15) is 0 Å². The molecule has 1 fully saturated rings. The summed E-state index contributed by atoms with van der Waals surface area (Å²) < 4.78 is 7.20. The summed E-state index contributed by atoms with van der Waals surface area (Å²) >= 11 is 0. The Bertz CT molecular complexity index is 417. The molecule has 19 heavy (non-hydrogen) atoms. The topological polar surface area (TPSA) is 47.4 Å². The molecule has 1 aromatic rings. The number of rotatable bonds is 5. The van der Waals surface area contributed by atoms with E-state index >= 15 is 0 Å². The van der Waals surface area contributed by atoms with Crippen LogP contribution in [0.5, 0.6) is 0 Å². The van der Waals surface area contributed by atoms with Gasteiger partial charge in [-0.25, -0.2) is 4.98 Å². The van der Waals surface area contributed by atoms with Crippen LogP contribution in [0.1, 0.15) is 32.0 Å². The number of esters is 1. The lowest BCUT2D eigenvalue weighted by Crippen LogP contribution is -2.46. The van der Waals surface area contributed by atoms with Gasteiger partial charge >= 0.3 is 5.97 Å². The third-order valence-corrected chi connectivity index (χ3v) is 3.72. The molecular formula is C14H23N3O2. The van der Waals surface area contributed by atoms with Gasteiger partial charge in [0.25, 0.3) is 0 Å². The quantitative estimate of drug-likeness (QED) is 0.755. The first-order valence-electron chi connectivity index (χ1n) is 7.09. The molecule has 1 saturated heterocycles. The van der Waals surface area contributed by atoms with Crippen molar-refractivity contribution in [2.45, 2.75) is 38.6 Å². The number of piperidine rings is 1. The number of aromatic nitrogens is 2. The molecule has 0 N–H and O–H groups in total. The maximum Gasteiger partial charge on any atom is 0.323 e. The average Bonchev–Trinajstić information content (AvgIpc) is 2.82. The second-order valence-corrected chi connectivity index (χ2v) is 5.00. The number of aryl methyl sites for hydroxylation is 1. The van der Waals surface area contributed by atoms with Crippen LogP contribution in [-0.4, -0.2) is 46.2 Å². The highest BCUT2D eigenvalue weighted by molar-refractivity contribution is 5.75. The van der Waals surface area contributed by atoms with Crippen molar-refractivity contribution in [3.8, 4) is 0 Å². The molecular weight excluding hydrogens is 242 g/mol. The van der Waals surface area contributed by atoms with Gasteiger partial charge in [-0.3, -0.25) is 9.69 Å². The number of likely N-dealkylation sites (tertiary alicyclic amines) is 1. The van der Waals surface area contributed by atoms with Crippen molar-refractivity contribution >= 4 is 5.97 Å². The van der Waals surface area contributed by atoms with Crippen molar-refractivity contribution in [1.82, 2.24) is 14.5 Å². The van der Waals surface area contributed by atoms with Crippen LogP contribution in [0.3, 0.4) is 0 Å². The summed E-state index contributed by atoms with van der Waals surface area (Å²) in [6.45, 7) is 4.17. The molecule has 0 amide bonds. The molecule has 5 nitrogen and oxygen atoms in total. The standard InChI is InChI=1S/C14H23N3O2/c1-3-19-14(18)12-6-4-5-9-17(12)10-7-13-15-8-11-16(13)2/h8,11-12H,3-7,9-10H2,1-2H3. The van der Waals surface area contributed by atoms with Crippen LogP contribution in [-0.2, 0) is 23.0 Å². The molecule has 0 aliphatic carbocycles.